The summed E-state index contributed by atoms with van der Waals surface area (Å²) in [7, 11) is 1.64. The molecule has 14 heavy (non-hydrogen) atoms. The number of aliphatic hydroxyl groups excluding tert-OH is 1. The van der Waals surface area contributed by atoms with Gasteiger partial charge in [-0.1, -0.05) is 6.92 Å². The number of carbonyl (C=O) groups excluding carboxylic acids is 1. The lowest BCUT2D eigenvalue weighted by Crippen LogP contribution is -2.51. The maximum Gasteiger partial charge on any atom is 0.236 e. The fourth-order valence-electron chi connectivity index (χ4n) is 2.05. The van der Waals surface area contributed by atoms with Crippen LogP contribution in [0.3, 0.4) is 0 Å². The number of piperidine rings is 1. The van der Waals surface area contributed by atoms with Crippen molar-refractivity contribution in [1.82, 2.24) is 10.2 Å². The topological polar surface area (TPSA) is 52.6 Å². The predicted molar refractivity (Wildman–Crippen MR) is 54.9 cm³/mol. The van der Waals surface area contributed by atoms with Crippen molar-refractivity contribution in [2.24, 2.45) is 5.92 Å². The van der Waals surface area contributed by atoms with Crippen molar-refractivity contribution in [2.75, 3.05) is 20.1 Å². The Labute approximate surface area is 85.3 Å². The minimum absolute atomic E-state index is 0.0197. The molecule has 2 N–H and O–H groups in total. The highest BCUT2D eigenvalue weighted by molar-refractivity contribution is 5.80. The second-order valence-corrected chi connectivity index (χ2v) is 4.24. The summed E-state index contributed by atoms with van der Waals surface area (Å²) in [5.74, 6) is 0.483. The molecule has 0 radical (unpaired) electrons. The first-order valence-electron chi connectivity index (χ1n) is 5.18. The average molecular weight is 200 g/mol. The molecule has 1 aliphatic rings. The summed E-state index contributed by atoms with van der Waals surface area (Å²) in [6.07, 6.45) is 0.558. The number of hydrogen-bond acceptors (Lipinski definition) is 3. The summed E-state index contributed by atoms with van der Waals surface area (Å²) >= 11 is 0. The first-order chi connectivity index (χ1) is 6.54. The molecular weight excluding hydrogens is 180 g/mol. The van der Waals surface area contributed by atoms with Crippen molar-refractivity contribution in [3.63, 3.8) is 0 Å². The molecule has 0 aromatic rings. The Bertz CT molecular complexity index is 198. The molecule has 3 atom stereocenters. The van der Waals surface area contributed by atoms with Crippen LogP contribution in [0.25, 0.3) is 0 Å². The first kappa shape index (κ1) is 11.5. The molecule has 0 saturated carbocycles. The van der Waals surface area contributed by atoms with Gasteiger partial charge in [-0.25, -0.2) is 0 Å². The third-order valence-corrected chi connectivity index (χ3v) is 2.84. The van der Waals surface area contributed by atoms with Crippen molar-refractivity contribution in [3.05, 3.63) is 0 Å². The lowest BCUT2D eigenvalue weighted by Gasteiger charge is -2.37. The molecule has 1 rings (SSSR count). The van der Waals surface area contributed by atoms with Gasteiger partial charge in [0.2, 0.25) is 5.91 Å². The Balaban J connectivity index is 2.54. The Hall–Kier alpha value is -0.610. The van der Waals surface area contributed by atoms with Crippen molar-refractivity contribution in [1.29, 1.82) is 0 Å². The zero-order chi connectivity index (χ0) is 10.7. The zero-order valence-corrected chi connectivity index (χ0v) is 9.16. The van der Waals surface area contributed by atoms with Gasteiger partial charge in [0.15, 0.2) is 0 Å². The van der Waals surface area contributed by atoms with E-state index >= 15 is 0 Å². The molecule has 82 valence electrons. The summed E-state index contributed by atoms with van der Waals surface area (Å²) < 4.78 is 0. The van der Waals surface area contributed by atoms with E-state index in [0.717, 1.165) is 13.0 Å². The molecule has 0 bridgehead atoms. The third-order valence-electron chi connectivity index (χ3n) is 2.84. The maximum absolute atomic E-state index is 11.4. The molecule has 4 heteroatoms. The van der Waals surface area contributed by atoms with Crippen LogP contribution in [-0.4, -0.2) is 48.2 Å². The lowest BCUT2D eigenvalue weighted by atomic mass is 9.96. The minimum Gasteiger partial charge on any atom is -0.392 e. The highest BCUT2D eigenvalue weighted by Gasteiger charge is 2.28. The number of amides is 1. The van der Waals surface area contributed by atoms with Crippen LogP contribution < -0.4 is 5.32 Å². The monoisotopic (exact) mass is 200 g/mol. The van der Waals surface area contributed by atoms with Gasteiger partial charge in [0.1, 0.15) is 0 Å². The van der Waals surface area contributed by atoms with E-state index in [1.165, 1.54) is 0 Å². The van der Waals surface area contributed by atoms with Gasteiger partial charge in [-0.05, 0) is 19.3 Å². The first-order valence-corrected chi connectivity index (χ1v) is 5.18. The van der Waals surface area contributed by atoms with Crippen LogP contribution in [0, 0.1) is 5.92 Å². The van der Waals surface area contributed by atoms with E-state index in [1.807, 2.05) is 11.8 Å². The Morgan fingerprint density at radius 1 is 1.57 bits per heavy atom. The molecule has 1 amide bonds. The molecule has 1 saturated heterocycles. The number of carbonyl (C=O) groups is 1. The standard InChI is InChI=1S/C10H20N2O2/c1-7-4-9(13)6-12(5-7)8(2)10(14)11-3/h7-9,13H,4-6H2,1-3H3,(H,11,14)/t7-,8?,9+/m0/s1. The highest BCUT2D eigenvalue weighted by Crippen LogP contribution is 2.18. The summed E-state index contributed by atoms with van der Waals surface area (Å²) in [5.41, 5.74) is 0. The van der Waals surface area contributed by atoms with Crippen molar-refractivity contribution in [2.45, 2.75) is 32.4 Å². The van der Waals surface area contributed by atoms with Crippen LogP contribution in [0.4, 0.5) is 0 Å². The fourth-order valence-corrected chi connectivity index (χ4v) is 2.05. The van der Waals surface area contributed by atoms with Gasteiger partial charge in [0.25, 0.3) is 0 Å². The van der Waals surface area contributed by atoms with E-state index in [4.69, 9.17) is 0 Å². The van der Waals surface area contributed by atoms with Crippen LogP contribution in [0.2, 0.25) is 0 Å². The van der Waals surface area contributed by atoms with E-state index in [1.54, 1.807) is 7.05 Å². The number of nitrogens with zero attached hydrogens (tertiary/aromatic N) is 1. The molecular formula is C10H20N2O2. The lowest BCUT2D eigenvalue weighted by molar-refractivity contribution is -0.127. The van der Waals surface area contributed by atoms with E-state index in [0.29, 0.717) is 12.5 Å². The van der Waals surface area contributed by atoms with Gasteiger partial charge in [-0.2, -0.15) is 0 Å². The zero-order valence-electron chi connectivity index (χ0n) is 9.16. The Kier molecular flexibility index (Phi) is 3.89. The number of rotatable bonds is 2. The second-order valence-electron chi connectivity index (χ2n) is 4.24. The molecule has 0 aliphatic carbocycles. The molecule has 0 aromatic carbocycles. The highest BCUT2D eigenvalue weighted by atomic mass is 16.3. The van der Waals surface area contributed by atoms with E-state index in [9.17, 15) is 9.90 Å². The quantitative estimate of drug-likeness (QED) is 0.650. The fraction of sp³-hybridized carbons (Fsp3) is 0.900. The molecule has 4 nitrogen and oxygen atoms in total. The maximum atomic E-state index is 11.4. The van der Waals surface area contributed by atoms with Gasteiger partial charge >= 0.3 is 0 Å². The van der Waals surface area contributed by atoms with Gasteiger partial charge in [0, 0.05) is 20.1 Å². The number of aliphatic hydroxyl groups is 1. The van der Waals surface area contributed by atoms with Gasteiger partial charge < -0.3 is 10.4 Å². The summed E-state index contributed by atoms with van der Waals surface area (Å²) in [6, 6.07) is -0.141. The third kappa shape index (κ3) is 2.69. The molecule has 1 aliphatic heterocycles. The van der Waals surface area contributed by atoms with E-state index in [-0.39, 0.29) is 18.1 Å². The number of hydrogen-bond donors (Lipinski definition) is 2. The SMILES string of the molecule is CNC(=O)C(C)N1C[C@@H](C)C[C@@H](O)C1. The normalized spacial score (nSPS) is 31.1. The Morgan fingerprint density at radius 2 is 2.21 bits per heavy atom. The van der Waals surface area contributed by atoms with Gasteiger partial charge in [0.05, 0.1) is 12.1 Å². The minimum atomic E-state index is -0.286. The number of likely N-dealkylation sites (N-methyl/N-ethyl adjacent to an activating group) is 1. The predicted octanol–water partition coefficient (Wildman–Crippen LogP) is -0.176. The van der Waals surface area contributed by atoms with Gasteiger partial charge in [-0.15, -0.1) is 0 Å². The van der Waals surface area contributed by atoms with Crippen LogP contribution in [0.5, 0.6) is 0 Å². The van der Waals surface area contributed by atoms with Crippen molar-refractivity contribution < 1.29 is 9.90 Å². The summed E-state index contributed by atoms with van der Waals surface area (Å²) in [4.78, 5) is 13.4. The van der Waals surface area contributed by atoms with Crippen LogP contribution in [-0.2, 0) is 4.79 Å². The molecule has 1 unspecified atom stereocenters. The molecule has 0 spiro atoms. The Morgan fingerprint density at radius 3 is 2.71 bits per heavy atom. The van der Waals surface area contributed by atoms with E-state index < -0.39 is 0 Å². The number of likely N-dealkylation sites (tertiary alicyclic amines) is 1. The average Bonchev–Trinajstić information content (AvgIpc) is 2.14. The molecule has 1 fully saturated rings. The second kappa shape index (κ2) is 4.75. The van der Waals surface area contributed by atoms with E-state index in [2.05, 4.69) is 12.2 Å². The van der Waals surface area contributed by atoms with Gasteiger partial charge in [-0.3, -0.25) is 9.69 Å². The molecule has 0 aromatic heterocycles. The largest absolute Gasteiger partial charge is 0.392 e. The van der Waals surface area contributed by atoms with Crippen LogP contribution >= 0.6 is 0 Å². The summed E-state index contributed by atoms with van der Waals surface area (Å²) in [5, 5.41) is 12.2. The summed E-state index contributed by atoms with van der Waals surface area (Å²) in [6.45, 7) is 5.49. The van der Waals surface area contributed by atoms with Crippen LogP contribution in [0.15, 0.2) is 0 Å². The smallest absolute Gasteiger partial charge is 0.236 e. The van der Waals surface area contributed by atoms with Crippen molar-refractivity contribution in [3.8, 4) is 0 Å². The number of nitrogens with one attached hydrogen (secondary N) is 1. The van der Waals surface area contributed by atoms with Crippen LogP contribution in [0.1, 0.15) is 20.3 Å². The van der Waals surface area contributed by atoms with Crippen molar-refractivity contribution >= 4 is 5.91 Å². The molecule has 1 heterocycles. The number of β-amino-alcohol motifs (C(OH)–C–C–N with tert-alkyl or cyclic N) is 1.